The zero-order chi connectivity index (χ0) is 13.7. The van der Waals surface area contributed by atoms with Gasteiger partial charge in [0.2, 0.25) is 0 Å². The third-order valence-electron chi connectivity index (χ3n) is 3.54. The van der Waals surface area contributed by atoms with Crippen molar-refractivity contribution in [3.05, 3.63) is 47.5 Å². The van der Waals surface area contributed by atoms with Gasteiger partial charge >= 0.3 is 0 Å². The molecule has 0 aliphatic carbocycles. The molecule has 1 aliphatic heterocycles. The van der Waals surface area contributed by atoms with Crippen LogP contribution in [0.4, 0.5) is 0 Å². The maximum absolute atomic E-state index is 12.5. The number of hydrogen-bond acceptors (Lipinski definition) is 2. The molecule has 0 radical (unpaired) electrons. The van der Waals surface area contributed by atoms with E-state index in [9.17, 15) is 4.79 Å². The average Bonchev–Trinajstić information content (AvgIpc) is 2.88. The Labute approximate surface area is 127 Å². The first-order valence-corrected chi connectivity index (χ1v) is 7.03. The molecular weight excluding hydrogens is 272 g/mol. The lowest BCUT2D eigenvalue weighted by Crippen LogP contribution is -2.35. The predicted octanol–water partition coefficient (Wildman–Crippen LogP) is 2.79. The minimum atomic E-state index is 0. The van der Waals surface area contributed by atoms with E-state index < -0.39 is 0 Å². The number of nitrogens with zero attached hydrogens (tertiary/aromatic N) is 1. The highest BCUT2D eigenvalue weighted by Crippen LogP contribution is 2.18. The van der Waals surface area contributed by atoms with Crippen molar-refractivity contribution in [3.63, 3.8) is 0 Å². The molecule has 0 fully saturated rings. The third kappa shape index (κ3) is 3.84. The van der Waals surface area contributed by atoms with Gasteiger partial charge in [-0.2, -0.15) is 0 Å². The number of hydrogen-bond donors (Lipinski definition) is 1. The van der Waals surface area contributed by atoms with Crippen molar-refractivity contribution < 1.29 is 4.79 Å². The summed E-state index contributed by atoms with van der Waals surface area (Å²) in [7, 11) is 0. The molecule has 1 atom stereocenters. The largest absolute Gasteiger partial charge is 0.330 e. The Balaban J connectivity index is 0.00000200. The molecule has 1 amide bonds. The second-order valence-electron chi connectivity index (χ2n) is 4.98. The monoisotopic (exact) mass is 294 g/mol. The fourth-order valence-electron chi connectivity index (χ4n) is 2.50. The molecule has 0 aromatic heterocycles. The zero-order valence-corrected chi connectivity index (χ0v) is 12.7. The summed E-state index contributed by atoms with van der Waals surface area (Å²) >= 11 is 0. The van der Waals surface area contributed by atoms with Gasteiger partial charge in [-0.05, 0) is 37.1 Å². The summed E-state index contributed by atoms with van der Waals surface area (Å²) in [4.78, 5) is 14.4. The van der Waals surface area contributed by atoms with E-state index in [2.05, 4.69) is 19.1 Å². The van der Waals surface area contributed by atoms with E-state index in [1.54, 1.807) is 0 Å². The Hall–Kier alpha value is -1.32. The molecule has 3 nitrogen and oxygen atoms in total. The van der Waals surface area contributed by atoms with Gasteiger partial charge in [0.25, 0.3) is 5.91 Å². The average molecular weight is 295 g/mol. The number of amides is 1. The van der Waals surface area contributed by atoms with Gasteiger partial charge < -0.3 is 10.6 Å². The number of carbonyl (C=O) groups excluding carboxylic acids is 1. The maximum atomic E-state index is 12.5. The van der Waals surface area contributed by atoms with Crippen LogP contribution in [0.2, 0.25) is 0 Å². The van der Waals surface area contributed by atoms with Crippen molar-refractivity contribution in [2.45, 2.75) is 32.2 Å². The zero-order valence-electron chi connectivity index (χ0n) is 11.9. The fourth-order valence-corrected chi connectivity index (χ4v) is 2.50. The standard InChI is InChI=1S/C16H22N2O.ClH/c1-2-4-15-5-3-12-18(15)16(19)14-8-6-13(7-9-14)10-11-17;/h3,5-9,15H,2,4,10-12,17H2,1H3;1H. The first-order chi connectivity index (χ1) is 9.26. The van der Waals surface area contributed by atoms with E-state index in [0.29, 0.717) is 6.54 Å². The van der Waals surface area contributed by atoms with E-state index in [-0.39, 0.29) is 24.4 Å². The minimum absolute atomic E-state index is 0. The molecule has 0 spiro atoms. The van der Waals surface area contributed by atoms with Crippen molar-refractivity contribution in [2.75, 3.05) is 13.1 Å². The van der Waals surface area contributed by atoms with Crippen molar-refractivity contribution >= 4 is 18.3 Å². The van der Waals surface area contributed by atoms with Gasteiger partial charge in [0.1, 0.15) is 0 Å². The van der Waals surface area contributed by atoms with Crippen LogP contribution in [0.1, 0.15) is 35.7 Å². The second-order valence-corrected chi connectivity index (χ2v) is 4.98. The quantitative estimate of drug-likeness (QED) is 0.849. The normalized spacial score (nSPS) is 17.1. The van der Waals surface area contributed by atoms with Crippen LogP contribution < -0.4 is 5.73 Å². The Morgan fingerprint density at radius 1 is 1.35 bits per heavy atom. The Bertz CT molecular complexity index is 456. The fraction of sp³-hybridized carbons (Fsp3) is 0.438. The summed E-state index contributed by atoms with van der Waals surface area (Å²) in [5.41, 5.74) is 7.48. The van der Waals surface area contributed by atoms with E-state index >= 15 is 0 Å². The van der Waals surface area contributed by atoms with Crippen molar-refractivity contribution in [1.82, 2.24) is 4.90 Å². The summed E-state index contributed by atoms with van der Waals surface area (Å²) in [6, 6.07) is 8.08. The number of rotatable bonds is 5. The number of nitrogens with two attached hydrogens (primary N) is 1. The van der Waals surface area contributed by atoms with Crippen LogP contribution in [0.25, 0.3) is 0 Å². The lowest BCUT2D eigenvalue weighted by atomic mass is 10.1. The lowest BCUT2D eigenvalue weighted by Gasteiger charge is -2.24. The van der Waals surface area contributed by atoms with E-state index in [4.69, 9.17) is 5.73 Å². The molecule has 20 heavy (non-hydrogen) atoms. The van der Waals surface area contributed by atoms with Gasteiger partial charge in [-0.25, -0.2) is 0 Å². The first-order valence-electron chi connectivity index (χ1n) is 7.03. The number of halogens is 1. The molecule has 2 rings (SSSR count). The molecule has 1 aliphatic rings. The van der Waals surface area contributed by atoms with E-state index in [1.165, 1.54) is 5.56 Å². The molecule has 2 N–H and O–H groups in total. The highest BCUT2D eigenvalue weighted by molar-refractivity contribution is 5.95. The molecule has 4 heteroatoms. The van der Waals surface area contributed by atoms with Crippen molar-refractivity contribution in [1.29, 1.82) is 0 Å². The van der Waals surface area contributed by atoms with Gasteiger partial charge in [-0.1, -0.05) is 37.6 Å². The van der Waals surface area contributed by atoms with Crippen LogP contribution in [-0.2, 0) is 6.42 Å². The van der Waals surface area contributed by atoms with Gasteiger partial charge in [0.05, 0.1) is 6.04 Å². The van der Waals surface area contributed by atoms with Gasteiger partial charge in [0.15, 0.2) is 0 Å². The SMILES string of the molecule is CCCC1C=CCN1C(=O)c1ccc(CCN)cc1.Cl. The second kappa shape index (κ2) is 8.08. The number of carbonyl (C=O) groups is 1. The first kappa shape index (κ1) is 16.7. The van der Waals surface area contributed by atoms with Crippen LogP contribution >= 0.6 is 12.4 Å². The summed E-state index contributed by atoms with van der Waals surface area (Å²) in [6.07, 6.45) is 7.21. The Morgan fingerprint density at radius 3 is 2.65 bits per heavy atom. The summed E-state index contributed by atoms with van der Waals surface area (Å²) in [5.74, 6) is 0.128. The molecule has 0 bridgehead atoms. The highest BCUT2D eigenvalue weighted by Gasteiger charge is 2.24. The Kier molecular flexibility index (Phi) is 6.76. The van der Waals surface area contributed by atoms with Gasteiger partial charge in [-0.15, -0.1) is 12.4 Å². The molecule has 1 aromatic carbocycles. The van der Waals surface area contributed by atoms with Crippen LogP contribution in [-0.4, -0.2) is 29.9 Å². The summed E-state index contributed by atoms with van der Waals surface area (Å²) in [6.45, 7) is 3.52. The van der Waals surface area contributed by atoms with Crippen LogP contribution in [0, 0.1) is 0 Å². The molecule has 0 saturated heterocycles. The van der Waals surface area contributed by atoms with Crippen LogP contribution in [0.15, 0.2) is 36.4 Å². The van der Waals surface area contributed by atoms with Crippen LogP contribution in [0.5, 0.6) is 0 Å². The molecule has 0 saturated carbocycles. The molecule has 1 heterocycles. The summed E-state index contributed by atoms with van der Waals surface area (Å²) < 4.78 is 0. The molecule has 1 aromatic rings. The lowest BCUT2D eigenvalue weighted by molar-refractivity contribution is 0.0744. The van der Waals surface area contributed by atoms with E-state index in [0.717, 1.165) is 31.4 Å². The van der Waals surface area contributed by atoms with Gasteiger partial charge in [0, 0.05) is 12.1 Å². The maximum Gasteiger partial charge on any atom is 0.254 e. The van der Waals surface area contributed by atoms with Crippen molar-refractivity contribution in [2.24, 2.45) is 5.73 Å². The molecular formula is C16H23ClN2O. The smallest absolute Gasteiger partial charge is 0.254 e. The molecule has 110 valence electrons. The van der Waals surface area contributed by atoms with E-state index in [1.807, 2.05) is 29.2 Å². The summed E-state index contributed by atoms with van der Waals surface area (Å²) in [5, 5.41) is 0. The minimum Gasteiger partial charge on any atom is -0.330 e. The predicted molar refractivity (Wildman–Crippen MR) is 85.3 cm³/mol. The van der Waals surface area contributed by atoms with Crippen LogP contribution in [0.3, 0.4) is 0 Å². The molecule has 1 unspecified atom stereocenters. The highest BCUT2D eigenvalue weighted by atomic mass is 35.5. The Morgan fingerprint density at radius 2 is 2.05 bits per heavy atom. The topological polar surface area (TPSA) is 46.3 Å². The third-order valence-corrected chi connectivity index (χ3v) is 3.54. The van der Waals surface area contributed by atoms with Crippen molar-refractivity contribution in [3.8, 4) is 0 Å². The van der Waals surface area contributed by atoms with Gasteiger partial charge in [-0.3, -0.25) is 4.79 Å². The number of benzene rings is 1.